The average molecular weight is 199 g/mol. The molecule has 71 valence electrons. The molecular formula is C9H11O3S. The van der Waals surface area contributed by atoms with Crippen molar-refractivity contribution >= 4 is 10.1 Å². The van der Waals surface area contributed by atoms with E-state index < -0.39 is 10.1 Å². The molecule has 13 heavy (non-hydrogen) atoms. The third-order valence-electron chi connectivity index (χ3n) is 1.55. The average Bonchev–Trinajstić information content (AvgIpc) is 2.04. The maximum absolute atomic E-state index is 10.3. The minimum atomic E-state index is -3.85. The van der Waals surface area contributed by atoms with Gasteiger partial charge in [0.05, 0.1) is 5.75 Å². The molecule has 0 unspecified atom stereocenters. The largest absolute Gasteiger partial charge is 0.286 e. The highest BCUT2D eigenvalue weighted by molar-refractivity contribution is 7.85. The van der Waals surface area contributed by atoms with Crippen molar-refractivity contribution in [3.63, 3.8) is 0 Å². The zero-order valence-electron chi connectivity index (χ0n) is 7.05. The molecule has 0 aromatic heterocycles. The van der Waals surface area contributed by atoms with E-state index in [0.717, 1.165) is 5.56 Å². The number of rotatable bonds is 4. The third-order valence-corrected chi connectivity index (χ3v) is 2.21. The van der Waals surface area contributed by atoms with Crippen LogP contribution in [0, 0.1) is 6.42 Å². The zero-order valence-corrected chi connectivity index (χ0v) is 7.87. The van der Waals surface area contributed by atoms with Crippen LogP contribution in [-0.2, 0) is 16.5 Å². The van der Waals surface area contributed by atoms with E-state index in [0.29, 0.717) is 6.42 Å². The van der Waals surface area contributed by atoms with Gasteiger partial charge in [0.25, 0.3) is 10.1 Å². The Kier molecular flexibility index (Phi) is 3.45. The van der Waals surface area contributed by atoms with Crippen molar-refractivity contribution in [3.8, 4) is 0 Å². The van der Waals surface area contributed by atoms with E-state index >= 15 is 0 Å². The number of hydrogen-bond acceptors (Lipinski definition) is 2. The topological polar surface area (TPSA) is 54.4 Å². The highest BCUT2D eigenvalue weighted by Gasteiger charge is 2.03. The molecule has 0 saturated heterocycles. The van der Waals surface area contributed by atoms with Gasteiger partial charge in [-0.25, -0.2) is 0 Å². The molecule has 1 aromatic rings. The molecule has 1 aromatic carbocycles. The minimum absolute atomic E-state index is 0.290. The lowest BCUT2D eigenvalue weighted by molar-refractivity contribution is 0.485. The van der Waals surface area contributed by atoms with Crippen LogP contribution in [-0.4, -0.2) is 18.7 Å². The molecule has 0 atom stereocenters. The summed E-state index contributed by atoms with van der Waals surface area (Å²) in [5.41, 5.74) is 1.03. The standard InChI is InChI=1S/C9H11O3S/c10-13(11,12)8-4-7-9-5-2-1-3-6-9/h1-6H,7-8H2,(H,10,11,12). The number of hydrogen-bond donors (Lipinski definition) is 1. The van der Waals surface area contributed by atoms with Crippen molar-refractivity contribution in [1.29, 1.82) is 0 Å². The van der Waals surface area contributed by atoms with Gasteiger partial charge in [-0.1, -0.05) is 30.3 Å². The molecule has 0 aliphatic rings. The Morgan fingerprint density at radius 3 is 2.38 bits per heavy atom. The minimum Gasteiger partial charge on any atom is -0.286 e. The van der Waals surface area contributed by atoms with Gasteiger partial charge in [-0.05, 0) is 18.4 Å². The van der Waals surface area contributed by atoms with Crippen molar-refractivity contribution < 1.29 is 13.0 Å². The second kappa shape index (κ2) is 4.39. The summed E-state index contributed by atoms with van der Waals surface area (Å²) in [6.45, 7) is 0. The Balaban J connectivity index is 2.37. The van der Waals surface area contributed by atoms with Gasteiger partial charge in [-0.2, -0.15) is 8.42 Å². The Morgan fingerprint density at radius 1 is 1.23 bits per heavy atom. The van der Waals surface area contributed by atoms with Crippen molar-refractivity contribution in [1.82, 2.24) is 0 Å². The van der Waals surface area contributed by atoms with Crippen LogP contribution in [0.2, 0.25) is 0 Å². The Morgan fingerprint density at radius 2 is 1.85 bits per heavy atom. The highest BCUT2D eigenvalue weighted by atomic mass is 32.2. The van der Waals surface area contributed by atoms with Gasteiger partial charge in [0.2, 0.25) is 0 Å². The molecule has 0 spiro atoms. The fraction of sp³-hybridized carbons (Fsp3) is 0.222. The molecule has 1 N–H and O–H groups in total. The van der Waals surface area contributed by atoms with Gasteiger partial charge in [0, 0.05) is 0 Å². The highest BCUT2D eigenvalue weighted by Crippen LogP contribution is 2.02. The zero-order chi connectivity index (χ0) is 9.73. The summed E-state index contributed by atoms with van der Waals surface area (Å²) in [5, 5.41) is 0. The van der Waals surface area contributed by atoms with Crippen molar-refractivity contribution in [2.24, 2.45) is 0 Å². The van der Waals surface area contributed by atoms with E-state index in [1.807, 2.05) is 30.3 Å². The van der Waals surface area contributed by atoms with E-state index in [1.165, 1.54) is 6.42 Å². The van der Waals surface area contributed by atoms with Gasteiger partial charge in [-0.3, -0.25) is 4.55 Å². The van der Waals surface area contributed by atoms with Gasteiger partial charge in [-0.15, -0.1) is 0 Å². The molecule has 0 heterocycles. The van der Waals surface area contributed by atoms with Crippen LogP contribution in [0.4, 0.5) is 0 Å². The first-order chi connectivity index (χ1) is 6.08. The van der Waals surface area contributed by atoms with Crippen LogP contribution in [0.3, 0.4) is 0 Å². The lowest BCUT2D eigenvalue weighted by Crippen LogP contribution is -2.05. The molecule has 0 fully saturated rings. The molecule has 0 amide bonds. The first kappa shape index (κ1) is 10.2. The molecule has 0 aliphatic heterocycles. The van der Waals surface area contributed by atoms with Crippen LogP contribution in [0.5, 0.6) is 0 Å². The lowest BCUT2D eigenvalue weighted by Gasteiger charge is -1.98. The second-order valence-corrected chi connectivity index (χ2v) is 4.22. The van der Waals surface area contributed by atoms with Gasteiger partial charge in [0.1, 0.15) is 0 Å². The maximum Gasteiger partial charge on any atom is 0.265 e. The van der Waals surface area contributed by atoms with Crippen molar-refractivity contribution in [3.05, 3.63) is 42.3 Å². The fourth-order valence-electron chi connectivity index (χ4n) is 0.989. The van der Waals surface area contributed by atoms with Crippen LogP contribution in [0.25, 0.3) is 0 Å². The quantitative estimate of drug-likeness (QED) is 0.744. The maximum atomic E-state index is 10.3. The summed E-state index contributed by atoms with van der Waals surface area (Å²) < 4.78 is 29.1. The summed E-state index contributed by atoms with van der Waals surface area (Å²) >= 11 is 0. The summed E-state index contributed by atoms with van der Waals surface area (Å²) in [6.07, 6.45) is 2.09. The van der Waals surface area contributed by atoms with E-state index in [2.05, 4.69) is 0 Å². The second-order valence-electron chi connectivity index (χ2n) is 2.73. The van der Waals surface area contributed by atoms with Gasteiger partial charge < -0.3 is 0 Å². The normalized spacial score (nSPS) is 11.5. The SMILES string of the molecule is O=S(=O)(O)C[CH]Cc1ccccc1. The Bertz CT molecular complexity index is 342. The molecule has 0 bridgehead atoms. The third kappa shape index (κ3) is 4.65. The van der Waals surface area contributed by atoms with Gasteiger partial charge >= 0.3 is 0 Å². The Hall–Kier alpha value is -0.870. The summed E-state index contributed by atoms with van der Waals surface area (Å²) in [6, 6.07) is 9.47. The van der Waals surface area contributed by atoms with Crippen LogP contribution in [0.1, 0.15) is 5.56 Å². The molecule has 3 nitrogen and oxygen atoms in total. The van der Waals surface area contributed by atoms with E-state index in [9.17, 15) is 8.42 Å². The van der Waals surface area contributed by atoms with Crippen molar-refractivity contribution in [2.75, 3.05) is 5.75 Å². The van der Waals surface area contributed by atoms with E-state index in [4.69, 9.17) is 4.55 Å². The predicted octanol–water partition coefficient (Wildman–Crippen LogP) is 1.32. The summed E-state index contributed by atoms with van der Waals surface area (Å²) in [4.78, 5) is 0. The summed E-state index contributed by atoms with van der Waals surface area (Å²) in [5.74, 6) is -0.290. The molecule has 0 saturated carbocycles. The monoisotopic (exact) mass is 199 g/mol. The number of benzene rings is 1. The van der Waals surface area contributed by atoms with Crippen LogP contribution >= 0.6 is 0 Å². The van der Waals surface area contributed by atoms with Gasteiger partial charge in [0.15, 0.2) is 0 Å². The Labute approximate surface area is 78.2 Å². The molecule has 0 aliphatic carbocycles. The molecule has 1 radical (unpaired) electrons. The first-order valence-corrected chi connectivity index (χ1v) is 5.49. The molecular weight excluding hydrogens is 188 g/mol. The molecule has 4 heteroatoms. The predicted molar refractivity (Wildman–Crippen MR) is 50.9 cm³/mol. The first-order valence-electron chi connectivity index (χ1n) is 3.89. The lowest BCUT2D eigenvalue weighted by atomic mass is 10.1. The summed E-state index contributed by atoms with van der Waals surface area (Å²) in [7, 11) is -3.85. The van der Waals surface area contributed by atoms with Crippen LogP contribution < -0.4 is 0 Å². The van der Waals surface area contributed by atoms with E-state index in [1.54, 1.807) is 0 Å². The smallest absolute Gasteiger partial charge is 0.265 e. The van der Waals surface area contributed by atoms with Crippen molar-refractivity contribution in [2.45, 2.75) is 6.42 Å². The molecule has 1 rings (SSSR count). The fourth-order valence-corrected chi connectivity index (χ4v) is 1.40. The van der Waals surface area contributed by atoms with Crippen LogP contribution in [0.15, 0.2) is 30.3 Å². The van der Waals surface area contributed by atoms with E-state index in [-0.39, 0.29) is 5.75 Å².